The van der Waals surface area contributed by atoms with E-state index in [2.05, 4.69) is 21.2 Å². The standard InChI is InChI=1S/C12H14BrClFNO2/c1-18-7-8(5-6-13)16-12(17)9-3-2-4-10(14)11(9)15/h2-4,8H,5-7H2,1H3,(H,16,17). The molecule has 0 bridgehead atoms. The van der Waals surface area contributed by atoms with Gasteiger partial charge in [0.25, 0.3) is 5.91 Å². The SMILES string of the molecule is COCC(CCBr)NC(=O)c1cccc(Cl)c1F. The first kappa shape index (κ1) is 15.4. The Balaban J connectivity index is 2.77. The largest absolute Gasteiger partial charge is 0.383 e. The molecule has 1 aromatic rings. The van der Waals surface area contributed by atoms with Crippen LogP contribution in [0.2, 0.25) is 5.02 Å². The minimum atomic E-state index is -0.702. The first-order chi connectivity index (χ1) is 8.60. The van der Waals surface area contributed by atoms with Crippen LogP contribution in [0, 0.1) is 5.82 Å². The van der Waals surface area contributed by atoms with Crippen LogP contribution in [0.25, 0.3) is 0 Å². The lowest BCUT2D eigenvalue weighted by atomic mass is 10.1. The Labute approximate surface area is 119 Å². The van der Waals surface area contributed by atoms with Gasteiger partial charge in [0, 0.05) is 12.4 Å². The van der Waals surface area contributed by atoms with Crippen LogP contribution >= 0.6 is 27.5 Å². The molecule has 1 rings (SSSR count). The zero-order valence-corrected chi connectivity index (χ0v) is 12.2. The lowest BCUT2D eigenvalue weighted by Crippen LogP contribution is -2.38. The number of nitrogens with one attached hydrogen (secondary N) is 1. The number of ether oxygens (including phenoxy) is 1. The molecule has 1 unspecified atom stereocenters. The number of benzene rings is 1. The van der Waals surface area contributed by atoms with Gasteiger partial charge in [-0.25, -0.2) is 4.39 Å². The zero-order valence-electron chi connectivity index (χ0n) is 9.88. The van der Waals surface area contributed by atoms with Crippen LogP contribution in [-0.2, 0) is 4.74 Å². The number of rotatable bonds is 6. The summed E-state index contributed by atoms with van der Waals surface area (Å²) >= 11 is 8.92. The molecule has 1 N–H and O–H groups in total. The van der Waals surface area contributed by atoms with Crippen molar-refractivity contribution in [3.8, 4) is 0 Å². The van der Waals surface area contributed by atoms with E-state index >= 15 is 0 Å². The van der Waals surface area contributed by atoms with Crippen LogP contribution in [0.3, 0.4) is 0 Å². The van der Waals surface area contributed by atoms with Gasteiger partial charge in [0.15, 0.2) is 5.82 Å². The lowest BCUT2D eigenvalue weighted by molar-refractivity contribution is 0.0891. The Morgan fingerprint density at radius 1 is 1.61 bits per heavy atom. The second kappa shape index (κ2) is 7.71. The number of amides is 1. The molecule has 18 heavy (non-hydrogen) atoms. The van der Waals surface area contributed by atoms with Gasteiger partial charge in [0.05, 0.1) is 23.2 Å². The molecular weight excluding hydrogens is 324 g/mol. The molecule has 0 aliphatic rings. The third-order valence-corrected chi connectivity index (χ3v) is 3.11. The summed E-state index contributed by atoms with van der Waals surface area (Å²) in [6.45, 7) is 0.375. The van der Waals surface area contributed by atoms with Gasteiger partial charge in [-0.15, -0.1) is 0 Å². The van der Waals surface area contributed by atoms with Gasteiger partial charge in [0.2, 0.25) is 0 Å². The van der Waals surface area contributed by atoms with Crippen LogP contribution in [0.4, 0.5) is 4.39 Å². The van der Waals surface area contributed by atoms with Crippen LogP contribution < -0.4 is 5.32 Å². The Kier molecular flexibility index (Phi) is 6.60. The molecular formula is C12H14BrClFNO2. The summed E-state index contributed by atoms with van der Waals surface area (Å²) < 4.78 is 18.6. The van der Waals surface area contributed by atoms with Crippen molar-refractivity contribution in [3.63, 3.8) is 0 Å². The van der Waals surface area contributed by atoms with E-state index in [1.54, 1.807) is 7.11 Å². The van der Waals surface area contributed by atoms with E-state index < -0.39 is 11.7 Å². The van der Waals surface area contributed by atoms with E-state index in [9.17, 15) is 9.18 Å². The third kappa shape index (κ3) is 4.23. The molecule has 6 heteroatoms. The van der Waals surface area contributed by atoms with Crippen molar-refractivity contribution < 1.29 is 13.9 Å². The van der Waals surface area contributed by atoms with E-state index in [4.69, 9.17) is 16.3 Å². The Bertz CT molecular complexity index is 411. The summed E-state index contributed by atoms with van der Waals surface area (Å²) in [7, 11) is 1.55. The average molecular weight is 339 g/mol. The second-order valence-corrected chi connectivity index (χ2v) is 4.90. The van der Waals surface area contributed by atoms with Gasteiger partial charge in [-0.05, 0) is 18.6 Å². The monoisotopic (exact) mass is 337 g/mol. The molecule has 1 atom stereocenters. The Morgan fingerprint density at radius 3 is 2.94 bits per heavy atom. The van der Waals surface area contributed by atoms with Gasteiger partial charge < -0.3 is 10.1 Å². The summed E-state index contributed by atoms with van der Waals surface area (Å²) in [5, 5.41) is 3.37. The summed E-state index contributed by atoms with van der Waals surface area (Å²) in [6, 6.07) is 4.17. The topological polar surface area (TPSA) is 38.3 Å². The number of alkyl halides is 1. The number of carbonyl (C=O) groups excluding carboxylic acids is 1. The quantitative estimate of drug-likeness (QED) is 0.810. The highest BCUT2D eigenvalue weighted by atomic mass is 79.9. The first-order valence-electron chi connectivity index (χ1n) is 5.40. The number of halogens is 3. The molecule has 1 amide bonds. The predicted molar refractivity (Wildman–Crippen MR) is 73.0 cm³/mol. The summed E-state index contributed by atoms with van der Waals surface area (Å²) in [5.74, 6) is -1.19. The highest BCUT2D eigenvalue weighted by Gasteiger charge is 2.17. The molecule has 0 aliphatic heterocycles. The molecule has 0 saturated carbocycles. The maximum atomic E-state index is 13.6. The highest BCUT2D eigenvalue weighted by Crippen LogP contribution is 2.17. The molecule has 0 saturated heterocycles. The number of hydrogen-bond donors (Lipinski definition) is 1. The van der Waals surface area contributed by atoms with Crippen LogP contribution in [0.1, 0.15) is 16.8 Å². The molecule has 3 nitrogen and oxygen atoms in total. The van der Waals surface area contributed by atoms with Crippen molar-refractivity contribution in [1.82, 2.24) is 5.32 Å². The number of hydrogen-bond acceptors (Lipinski definition) is 2. The molecule has 1 aromatic carbocycles. The molecule has 0 heterocycles. The smallest absolute Gasteiger partial charge is 0.254 e. The fraction of sp³-hybridized carbons (Fsp3) is 0.417. The minimum Gasteiger partial charge on any atom is -0.383 e. The van der Waals surface area contributed by atoms with Crippen molar-refractivity contribution in [2.24, 2.45) is 0 Å². The fourth-order valence-electron chi connectivity index (χ4n) is 1.47. The predicted octanol–water partition coefficient (Wildman–Crippen LogP) is 3.01. The normalized spacial score (nSPS) is 12.2. The molecule has 0 fully saturated rings. The van der Waals surface area contributed by atoms with Gasteiger partial charge in [-0.3, -0.25) is 4.79 Å². The van der Waals surface area contributed by atoms with E-state index in [-0.39, 0.29) is 16.6 Å². The van der Waals surface area contributed by atoms with E-state index in [0.29, 0.717) is 13.0 Å². The average Bonchev–Trinajstić information content (AvgIpc) is 2.33. The minimum absolute atomic E-state index is 0.0572. The van der Waals surface area contributed by atoms with Gasteiger partial charge >= 0.3 is 0 Å². The van der Waals surface area contributed by atoms with Crippen molar-refractivity contribution in [2.75, 3.05) is 19.0 Å². The Hall–Kier alpha value is -0.650. The molecule has 100 valence electrons. The van der Waals surface area contributed by atoms with Crippen molar-refractivity contribution >= 4 is 33.4 Å². The maximum Gasteiger partial charge on any atom is 0.254 e. The van der Waals surface area contributed by atoms with Gasteiger partial charge in [-0.2, -0.15) is 0 Å². The highest BCUT2D eigenvalue weighted by molar-refractivity contribution is 9.09. The first-order valence-corrected chi connectivity index (χ1v) is 6.89. The number of carbonyl (C=O) groups is 1. The summed E-state index contributed by atoms with van der Waals surface area (Å²) in [4.78, 5) is 11.9. The Morgan fingerprint density at radius 2 is 2.33 bits per heavy atom. The van der Waals surface area contributed by atoms with E-state index in [0.717, 1.165) is 5.33 Å². The molecule has 0 spiro atoms. The molecule has 0 aliphatic carbocycles. The van der Waals surface area contributed by atoms with Crippen molar-refractivity contribution in [3.05, 3.63) is 34.6 Å². The van der Waals surface area contributed by atoms with Crippen molar-refractivity contribution in [2.45, 2.75) is 12.5 Å². The van der Waals surface area contributed by atoms with Gasteiger partial charge in [0.1, 0.15) is 0 Å². The van der Waals surface area contributed by atoms with Crippen LogP contribution in [0.15, 0.2) is 18.2 Å². The van der Waals surface area contributed by atoms with Crippen molar-refractivity contribution in [1.29, 1.82) is 0 Å². The van der Waals surface area contributed by atoms with Gasteiger partial charge in [-0.1, -0.05) is 33.6 Å². The second-order valence-electron chi connectivity index (χ2n) is 3.70. The fourth-order valence-corrected chi connectivity index (χ4v) is 2.20. The lowest BCUT2D eigenvalue weighted by Gasteiger charge is -2.17. The third-order valence-electron chi connectivity index (χ3n) is 2.36. The molecule has 0 aromatic heterocycles. The summed E-state index contributed by atoms with van der Waals surface area (Å²) in [5.41, 5.74) is -0.0572. The van der Waals surface area contributed by atoms with Crippen LogP contribution in [0.5, 0.6) is 0 Å². The van der Waals surface area contributed by atoms with E-state index in [1.165, 1.54) is 18.2 Å². The van der Waals surface area contributed by atoms with E-state index in [1.807, 2.05) is 0 Å². The summed E-state index contributed by atoms with van der Waals surface area (Å²) in [6.07, 6.45) is 0.696. The van der Waals surface area contributed by atoms with Crippen LogP contribution in [-0.4, -0.2) is 31.0 Å². The molecule has 0 radical (unpaired) electrons. The number of methoxy groups -OCH3 is 1. The maximum absolute atomic E-state index is 13.6. The zero-order chi connectivity index (χ0) is 13.5.